The zero-order chi connectivity index (χ0) is 13.5. The zero-order valence-corrected chi connectivity index (χ0v) is 11.2. The molecule has 19 heavy (non-hydrogen) atoms. The third-order valence-electron chi connectivity index (χ3n) is 2.85. The van der Waals surface area contributed by atoms with Crippen molar-refractivity contribution in [1.29, 1.82) is 0 Å². The molecule has 0 atom stereocenters. The Kier molecular flexibility index (Phi) is 4.61. The molecule has 0 unspecified atom stereocenters. The van der Waals surface area contributed by atoms with Crippen molar-refractivity contribution >= 4 is 5.69 Å². The van der Waals surface area contributed by atoms with Crippen LogP contribution in [0.15, 0.2) is 42.6 Å². The van der Waals surface area contributed by atoms with Crippen molar-refractivity contribution in [2.45, 2.75) is 6.42 Å². The van der Waals surface area contributed by atoms with Crippen molar-refractivity contribution in [3.05, 3.63) is 48.2 Å². The van der Waals surface area contributed by atoms with Gasteiger partial charge in [-0.15, -0.1) is 0 Å². The first-order valence-electron chi connectivity index (χ1n) is 6.18. The van der Waals surface area contributed by atoms with Crippen LogP contribution in [-0.2, 0) is 6.42 Å². The predicted octanol–water partition coefficient (Wildman–Crippen LogP) is 2.75. The fraction of sp³-hybridized carbons (Fsp3) is 0.267. The van der Waals surface area contributed by atoms with Crippen molar-refractivity contribution < 1.29 is 9.47 Å². The van der Waals surface area contributed by atoms with Gasteiger partial charge in [-0.25, -0.2) is 4.98 Å². The molecule has 0 aliphatic heterocycles. The molecule has 0 bridgehead atoms. The summed E-state index contributed by atoms with van der Waals surface area (Å²) < 4.78 is 10.2. The third kappa shape index (κ3) is 3.88. The zero-order valence-electron chi connectivity index (χ0n) is 11.2. The van der Waals surface area contributed by atoms with Gasteiger partial charge in [-0.1, -0.05) is 12.1 Å². The van der Waals surface area contributed by atoms with Gasteiger partial charge in [0.15, 0.2) is 0 Å². The summed E-state index contributed by atoms with van der Waals surface area (Å²) in [6.07, 6.45) is 2.68. The second-order valence-electron chi connectivity index (χ2n) is 4.11. The molecule has 0 spiro atoms. The van der Waals surface area contributed by atoms with Crippen LogP contribution < -0.4 is 14.8 Å². The lowest BCUT2D eigenvalue weighted by molar-refractivity contribution is 0.398. The molecule has 1 aromatic carbocycles. The van der Waals surface area contributed by atoms with Crippen LogP contribution in [0.2, 0.25) is 0 Å². The van der Waals surface area contributed by atoms with E-state index in [1.54, 1.807) is 20.4 Å². The summed E-state index contributed by atoms with van der Waals surface area (Å²) in [6.45, 7) is 0.861. The highest BCUT2D eigenvalue weighted by Crippen LogP contribution is 2.14. The number of anilines is 1. The second kappa shape index (κ2) is 6.64. The number of benzene rings is 1. The Morgan fingerprint density at radius 3 is 2.53 bits per heavy atom. The summed E-state index contributed by atoms with van der Waals surface area (Å²) in [5, 5.41) is 3.35. The van der Waals surface area contributed by atoms with E-state index in [0.29, 0.717) is 5.88 Å². The Morgan fingerprint density at radius 2 is 1.84 bits per heavy atom. The molecule has 0 saturated heterocycles. The van der Waals surface area contributed by atoms with Crippen LogP contribution in [0.4, 0.5) is 5.69 Å². The van der Waals surface area contributed by atoms with E-state index in [4.69, 9.17) is 9.47 Å². The standard InChI is InChI=1S/C15H18N2O2/c1-18-14-5-3-12(4-6-14)7-9-16-13-8-10-17-15(11-13)19-2/h3-6,8,10-11H,7,9H2,1-2H3,(H,16,17). The van der Waals surface area contributed by atoms with E-state index in [0.717, 1.165) is 24.4 Å². The van der Waals surface area contributed by atoms with Gasteiger partial charge in [0.2, 0.25) is 5.88 Å². The molecule has 2 aromatic rings. The normalized spacial score (nSPS) is 10.0. The number of pyridine rings is 1. The summed E-state index contributed by atoms with van der Waals surface area (Å²) in [5.74, 6) is 1.50. The molecule has 2 rings (SSSR count). The Bertz CT molecular complexity index is 512. The SMILES string of the molecule is COc1ccc(CCNc2ccnc(OC)c2)cc1. The summed E-state index contributed by atoms with van der Waals surface area (Å²) in [6, 6.07) is 11.9. The number of nitrogens with one attached hydrogen (secondary N) is 1. The van der Waals surface area contributed by atoms with Crippen molar-refractivity contribution in [2.75, 3.05) is 26.1 Å². The van der Waals surface area contributed by atoms with Crippen LogP contribution in [0, 0.1) is 0 Å². The number of ether oxygens (including phenoxy) is 2. The maximum Gasteiger partial charge on any atom is 0.214 e. The van der Waals surface area contributed by atoms with Gasteiger partial charge in [0, 0.05) is 24.5 Å². The van der Waals surface area contributed by atoms with Crippen molar-refractivity contribution in [3.8, 4) is 11.6 Å². The van der Waals surface area contributed by atoms with Crippen LogP contribution in [0.3, 0.4) is 0 Å². The summed E-state index contributed by atoms with van der Waals surface area (Å²) in [4.78, 5) is 4.07. The minimum atomic E-state index is 0.620. The Hall–Kier alpha value is -2.23. The van der Waals surface area contributed by atoms with Crippen molar-refractivity contribution in [2.24, 2.45) is 0 Å². The molecule has 1 N–H and O–H groups in total. The van der Waals surface area contributed by atoms with Crippen LogP contribution in [0.1, 0.15) is 5.56 Å². The molecule has 0 saturated carbocycles. The summed E-state index contributed by atoms with van der Waals surface area (Å²) >= 11 is 0. The minimum absolute atomic E-state index is 0.620. The fourth-order valence-electron chi connectivity index (χ4n) is 1.77. The number of rotatable bonds is 6. The average molecular weight is 258 g/mol. The van der Waals surface area contributed by atoms with Gasteiger partial charge in [0.1, 0.15) is 5.75 Å². The maximum atomic E-state index is 5.13. The van der Waals surface area contributed by atoms with Gasteiger partial charge < -0.3 is 14.8 Å². The highest BCUT2D eigenvalue weighted by molar-refractivity contribution is 5.45. The first-order chi connectivity index (χ1) is 9.31. The van der Waals surface area contributed by atoms with E-state index in [9.17, 15) is 0 Å². The first kappa shape index (κ1) is 13.2. The monoisotopic (exact) mass is 258 g/mol. The molecular formula is C15H18N2O2. The maximum absolute atomic E-state index is 5.13. The molecule has 0 fully saturated rings. The largest absolute Gasteiger partial charge is 0.497 e. The lowest BCUT2D eigenvalue weighted by Gasteiger charge is -2.08. The van der Waals surface area contributed by atoms with Crippen molar-refractivity contribution in [1.82, 2.24) is 4.98 Å². The van der Waals surface area contributed by atoms with Gasteiger partial charge in [-0.2, -0.15) is 0 Å². The van der Waals surface area contributed by atoms with E-state index >= 15 is 0 Å². The highest BCUT2D eigenvalue weighted by Gasteiger charge is 1.97. The van der Waals surface area contributed by atoms with E-state index in [1.807, 2.05) is 24.3 Å². The van der Waals surface area contributed by atoms with Crippen molar-refractivity contribution in [3.63, 3.8) is 0 Å². The molecule has 4 nitrogen and oxygen atoms in total. The van der Waals surface area contributed by atoms with Crippen LogP contribution in [0.5, 0.6) is 11.6 Å². The van der Waals surface area contributed by atoms with Gasteiger partial charge in [-0.05, 0) is 30.2 Å². The Morgan fingerprint density at radius 1 is 1.05 bits per heavy atom. The van der Waals surface area contributed by atoms with E-state index in [-0.39, 0.29) is 0 Å². The minimum Gasteiger partial charge on any atom is -0.497 e. The summed E-state index contributed by atoms with van der Waals surface area (Å²) in [5.41, 5.74) is 2.29. The molecule has 4 heteroatoms. The van der Waals surface area contributed by atoms with Gasteiger partial charge >= 0.3 is 0 Å². The predicted molar refractivity (Wildman–Crippen MR) is 76.0 cm³/mol. The molecule has 0 amide bonds. The quantitative estimate of drug-likeness (QED) is 0.865. The van der Waals surface area contributed by atoms with E-state index < -0.39 is 0 Å². The first-order valence-corrected chi connectivity index (χ1v) is 6.18. The smallest absolute Gasteiger partial charge is 0.214 e. The second-order valence-corrected chi connectivity index (χ2v) is 4.11. The van der Waals surface area contributed by atoms with E-state index in [2.05, 4.69) is 22.4 Å². The van der Waals surface area contributed by atoms with Crippen LogP contribution in [0.25, 0.3) is 0 Å². The van der Waals surface area contributed by atoms with Gasteiger partial charge in [0.05, 0.1) is 14.2 Å². The molecule has 0 radical (unpaired) electrons. The molecular weight excluding hydrogens is 240 g/mol. The topological polar surface area (TPSA) is 43.4 Å². The average Bonchev–Trinajstić information content (AvgIpc) is 2.48. The lowest BCUT2D eigenvalue weighted by Crippen LogP contribution is -2.05. The number of methoxy groups -OCH3 is 2. The number of nitrogens with zero attached hydrogens (tertiary/aromatic N) is 1. The molecule has 0 aliphatic rings. The van der Waals surface area contributed by atoms with E-state index in [1.165, 1.54) is 5.56 Å². The third-order valence-corrected chi connectivity index (χ3v) is 2.85. The Balaban J connectivity index is 1.85. The van der Waals surface area contributed by atoms with Gasteiger partial charge in [-0.3, -0.25) is 0 Å². The van der Waals surface area contributed by atoms with Crippen LogP contribution in [-0.4, -0.2) is 25.7 Å². The molecule has 1 heterocycles. The fourth-order valence-corrected chi connectivity index (χ4v) is 1.77. The Labute approximate surface area is 113 Å². The number of aromatic nitrogens is 1. The number of hydrogen-bond acceptors (Lipinski definition) is 4. The highest BCUT2D eigenvalue weighted by atomic mass is 16.5. The number of hydrogen-bond donors (Lipinski definition) is 1. The molecule has 100 valence electrons. The van der Waals surface area contributed by atoms with Gasteiger partial charge in [0.25, 0.3) is 0 Å². The molecule has 0 aliphatic carbocycles. The van der Waals surface area contributed by atoms with Crippen LogP contribution >= 0.6 is 0 Å². The molecule has 1 aromatic heterocycles. The summed E-state index contributed by atoms with van der Waals surface area (Å²) in [7, 11) is 3.29. The lowest BCUT2D eigenvalue weighted by atomic mass is 10.1.